The minimum Gasteiger partial charge on any atom is -0.463 e. The van der Waals surface area contributed by atoms with Crippen molar-refractivity contribution in [2.45, 2.75) is 25.2 Å². The summed E-state index contributed by atoms with van der Waals surface area (Å²) in [6.45, 7) is 2.34. The minimum absolute atomic E-state index is 0.203. The Labute approximate surface area is 131 Å². The van der Waals surface area contributed by atoms with Gasteiger partial charge in [-0.3, -0.25) is 4.79 Å². The maximum Gasteiger partial charge on any atom is 0.305 e. The smallest absolute Gasteiger partial charge is 0.305 e. The summed E-state index contributed by atoms with van der Waals surface area (Å²) in [5.74, 6) is -1.09. The van der Waals surface area contributed by atoms with Gasteiger partial charge < -0.3 is 14.2 Å². The molecule has 1 saturated heterocycles. The van der Waals surface area contributed by atoms with Crippen LogP contribution < -0.4 is 0 Å². The van der Waals surface area contributed by atoms with Crippen molar-refractivity contribution >= 4 is 33.5 Å². The maximum absolute atomic E-state index is 11.2. The molecule has 0 saturated carbocycles. The molecule has 0 radical (unpaired) electrons. The van der Waals surface area contributed by atoms with E-state index in [-0.39, 0.29) is 18.7 Å². The molecule has 6 heteroatoms. The Balaban J connectivity index is 2.03. The molecule has 1 fully saturated rings. The van der Waals surface area contributed by atoms with Crippen LogP contribution in [0.2, 0.25) is 5.02 Å². The van der Waals surface area contributed by atoms with Crippen molar-refractivity contribution in [3.8, 4) is 0 Å². The quantitative estimate of drug-likeness (QED) is 0.595. The van der Waals surface area contributed by atoms with Gasteiger partial charge in [0.15, 0.2) is 0 Å². The van der Waals surface area contributed by atoms with Gasteiger partial charge in [0.2, 0.25) is 5.79 Å². The van der Waals surface area contributed by atoms with E-state index in [1.807, 2.05) is 12.1 Å². The topological polar surface area (TPSA) is 44.8 Å². The molecule has 2 atom stereocenters. The van der Waals surface area contributed by atoms with Crippen molar-refractivity contribution in [1.82, 2.24) is 0 Å². The predicted octanol–water partition coefficient (Wildman–Crippen LogP) is 3.26. The van der Waals surface area contributed by atoms with Crippen LogP contribution in [0.25, 0.3) is 0 Å². The zero-order valence-corrected chi connectivity index (χ0v) is 13.4. The summed E-state index contributed by atoms with van der Waals surface area (Å²) in [7, 11) is 0. The fraction of sp³-hybridized carbons (Fsp3) is 0.500. The number of benzene rings is 1. The van der Waals surface area contributed by atoms with Crippen molar-refractivity contribution in [2.24, 2.45) is 0 Å². The molecular weight excluding hydrogens is 348 g/mol. The summed E-state index contributed by atoms with van der Waals surface area (Å²) in [5.41, 5.74) is 0.878. The van der Waals surface area contributed by atoms with Crippen molar-refractivity contribution in [2.75, 3.05) is 18.5 Å². The number of ether oxygens (including phenoxy) is 3. The van der Waals surface area contributed by atoms with E-state index in [0.717, 1.165) is 5.56 Å². The van der Waals surface area contributed by atoms with Crippen LogP contribution in [0, 0.1) is 0 Å². The van der Waals surface area contributed by atoms with Gasteiger partial charge >= 0.3 is 5.97 Å². The Hall–Kier alpha value is -0.620. The lowest BCUT2D eigenvalue weighted by Crippen LogP contribution is -2.31. The van der Waals surface area contributed by atoms with Crippen LogP contribution in [0.1, 0.15) is 18.9 Å². The largest absolute Gasteiger partial charge is 0.463 e. The lowest BCUT2D eigenvalue weighted by molar-refractivity contribution is -0.168. The fourth-order valence-electron chi connectivity index (χ4n) is 1.94. The first-order valence-corrected chi connectivity index (χ1v) is 7.89. The molecule has 1 aromatic carbocycles. The summed E-state index contributed by atoms with van der Waals surface area (Å²) in [6, 6.07) is 7.31. The van der Waals surface area contributed by atoms with Crippen molar-refractivity contribution in [3.05, 3.63) is 34.9 Å². The van der Waals surface area contributed by atoms with Crippen LogP contribution in [-0.2, 0) is 24.8 Å². The van der Waals surface area contributed by atoms with Crippen molar-refractivity contribution in [3.63, 3.8) is 0 Å². The molecule has 1 aliphatic heterocycles. The summed E-state index contributed by atoms with van der Waals surface area (Å²) in [5, 5.41) is 1.14. The number of halogens is 2. The second kappa shape index (κ2) is 6.89. The lowest BCUT2D eigenvalue weighted by atomic mass is 10.1. The van der Waals surface area contributed by atoms with E-state index in [1.54, 1.807) is 19.1 Å². The standard InChI is InChI=1S/C14H16BrClO4/c1-2-13(17)18-7-12-8-19-14(9-15,20-12)10-3-5-11(16)6-4-10/h3-6,12H,2,7-9H2,1H3/t12-,14+/m1/s1. The monoisotopic (exact) mass is 362 g/mol. The highest BCUT2D eigenvalue weighted by Crippen LogP contribution is 2.36. The second-order valence-corrected chi connectivity index (χ2v) is 5.48. The molecule has 0 aliphatic carbocycles. The molecule has 0 amide bonds. The SMILES string of the molecule is CCC(=O)OC[C@@H]1CO[C@](CBr)(c2ccc(Cl)cc2)O1. The highest BCUT2D eigenvalue weighted by atomic mass is 79.9. The molecule has 0 spiro atoms. The molecule has 0 bridgehead atoms. The molecule has 4 nitrogen and oxygen atoms in total. The summed E-state index contributed by atoms with van der Waals surface area (Å²) < 4.78 is 16.8. The van der Waals surface area contributed by atoms with Gasteiger partial charge in [-0.2, -0.15) is 0 Å². The van der Waals surface area contributed by atoms with Crippen molar-refractivity contribution in [1.29, 1.82) is 0 Å². The molecule has 0 aromatic heterocycles. The van der Waals surface area contributed by atoms with Gasteiger partial charge in [-0.05, 0) is 12.1 Å². The van der Waals surface area contributed by atoms with Gasteiger partial charge in [-0.15, -0.1) is 0 Å². The Morgan fingerprint density at radius 1 is 1.50 bits per heavy atom. The molecule has 1 aliphatic rings. The minimum atomic E-state index is -0.853. The number of hydrogen-bond acceptors (Lipinski definition) is 4. The van der Waals surface area contributed by atoms with E-state index < -0.39 is 5.79 Å². The Kier molecular flexibility index (Phi) is 5.43. The van der Waals surface area contributed by atoms with E-state index in [2.05, 4.69) is 15.9 Å². The first-order valence-electron chi connectivity index (χ1n) is 6.39. The predicted molar refractivity (Wildman–Crippen MR) is 79.0 cm³/mol. The van der Waals surface area contributed by atoms with Gasteiger partial charge in [-0.1, -0.05) is 46.6 Å². The molecule has 110 valence electrons. The van der Waals surface area contributed by atoms with E-state index in [4.69, 9.17) is 25.8 Å². The third-order valence-corrected chi connectivity index (χ3v) is 4.03. The van der Waals surface area contributed by atoms with Crippen LogP contribution in [0.5, 0.6) is 0 Å². The van der Waals surface area contributed by atoms with Crippen LogP contribution in [0.3, 0.4) is 0 Å². The molecule has 2 rings (SSSR count). The molecule has 0 N–H and O–H groups in total. The molecule has 20 heavy (non-hydrogen) atoms. The average Bonchev–Trinajstić information content (AvgIpc) is 2.90. The summed E-state index contributed by atoms with van der Waals surface area (Å²) in [6.07, 6.45) is 0.0904. The van der Waals surface area contributed by atoms with Crippen LogP contribution in [0.4, 0.5) is 0 Å². The number of rotatable bonds is 5. The van der Waals surface area contributed by atoms with E-state index in [0.29, 0.717) is 23.4 Å². The second-order valence-electron chi connectivity index (χ2n) is 4.48. The molecule has 0 unspecified atom stereocenters. The van der Waals surface area contributed by atoms with Crippen molar-refractivity contribution < 1.29 is 19.0 Å². The van der Waals surface area contributed by atoms with E-state index in [9.17, 15) is 4.79 Å². The Morgan fingerprint density at radius 2 is 2.20 bits per heavy atom. The number of hydrogen-bond donors (Lipinski definition) is 0. The van der Waals surface area contributed by atoms with Crippen LogP contribution >= 0.6 is 27.5 Å². The van der Waals surface area contributed by atoms with Gasteiger partial charge in [-0.25, -0.2) is 0 Å². The number of carbonyl (C=O) groups is 1. The lowest BCUT2D eigenvalue weighted by Gasteiger charge is -2.26. The van der Waals surface area contributed by atoms with Gasteiger partial charge in [0.25, 0.3) is 0 Å². The maximum atomic E-state index is 11.2. The normalized spacial score (nSPS) is 25.6. The summed E-state index contributed by atoms with van der Waals surface area (Å²) >= 11 is 9.30. The Morgan fingerprint density at radius 3 is 2.80 bits per heavy atom. The van der Waals surface area contributed by atoms with Gasteiger partial charge in [0.05, 0.1) is 11.9 Å². The number of alkyl halides is 1. The average molecular weight is 364 g/mol. The zero-order valence-electron chi connectivity index (χ0n) is 11.1. The molecule has 1 aromatic rings. The zero-order chi connectivity index (χ0) is 14.6. The van der Waals surface area contributed by atoms with Gasteiger partial charge in [0, 0.05) is 17.0 Å². The first-order chi connectivity index (χ1) is 9.59. The van der Waals surface area contributed by atoms with Crippen LogP contribution in [0.15, 0.2) is 24.3 Å². The number of esters is 1. The van der Waals surface area contributed by atoms with E-state index in [1.165, 1.54) is 0 Å². The highest BCUT2D eigenvalue weighted by molar-refractivity contribution is 9.09. The molecular formula is C14H16BrClO4. The Bertz CT molecular complexity index is 465. The number of carbonyl (C=O) groups excluding carboxylic acids is 1. The summed E-state index contributed by atoms with van der Waals surface area (Å²) in [4.78, 5) is 11.2. The van der Waals surface area contributed by atoms with Gasteiger partial charge in [0.1, 0.15) is 12.7 Å². The first kappa shape index (κ1) is 15.8. The third-order valence-electron chi connectivity index (χ3n) is 3.04. The molecule has 1 heterocycles. The van der Waals surface area contributed by atoms with Crippen LogP contribution in [-0.4, -0.2) is 30.6 Å². The fourth-order valence-corrected chi connectivity index (χ4v) is 2.68. The highest BCUT2D eigenvalue weighted by Gasteiger charge is 2.42. The third kappa shape index (κ3) is 3.52. The van der Waals surface area contributed by atoms with E-state index >= 15 is 0 Å².